The van der Waals surface area contributed by atoms with Crippen molar-refractivity contribution >= 4 is 15.7 Å². The van der Waals surface area contributed by atoms with Gasteiger partial charge in [0.1, 0.15) is 0 Å². The summed E-state index contributed by atoms with van der Waals surface area (Å²) in [7, 11) is 0.696. The summed E-state index contributed by atoms with van der Waals surface area (Å²) in [5.41, 5.74) is 1.70. The normalized spacial score (nSPS) is 21.1. The number of nitrogens with one attached hydrogen (secondary N) is 1. The Kier molecular flexibility index (Phi) is 4.45. The summed E-state index contributed by atoms with van der Waals surface area (Å²) in [5.74, 6) is 0.434. The van der Waals surface area contributed by atoms with Crippen LogP contribution in [-0.2, 0) is 16.4 Å². The summed E-state index contributed by atoms with van der Waals surface area (Å²) in [6, 6.07) is 7.48. The molecule has 110 valence electrons. The summed E-state index contributed by atoms with van der Waals surface area (Å²) in [4.78, 5) is 13.5. The molecule has 20 heavy (non-hydrogen) atoms. The second-order valence-corrected chi connectivity index (χ2v) is 7.48. The molecule has 1 amide bonds. The molecule has 6 heteroatoms. The molecule has 0 spiro atoms. The maximum absolute atomic E-state index is 11.5. The van der Waals surface area contributed by atoms with Gasteiger partial charge in [0.2, 0.25) is 0 Å². The number of nitrogens with zero attached hydrogens (tertiary/aromatic N) is 1. The van der Waals surface area contributed by atoms with Crippen molar-refractivity contribution in [3.63, 3.8) is 0 Å². The Morgan fingerprint density at radius 3 is 2.50 bits per heavy atom. The van der Waals surface area contributed by atoms with E-state index in [-0.39, 0.29) is 23.5 Å². The lowest BCUT2D eigenvalue weighted by Gasteiger charge is -2.23. The quantitative estimate of drug-likeness (QED) is 0.886. The van der Waals surface area contributed by atoms with Crippen LogP contribution in [0.3, 0.4) is 0 Å². The van der Waals surface area contributed by atoms with Gasteiger partial charge in [0.05, 0.1) is 11.5 Å². The molecule has 0 aliphatic carbocycles. The van der Waals surface area contributed by atoms with E-state index in [4.69, 9.17) is 0 Å². The zero-order valence-corrected chi connectivity index (χ0v) is 12.6. The van der Waals surface area contributed by atoms with Gasteiger partial charge in [0.25, 0.3) is 5.91 Å². The highest BCUT2D eigenvalue weighted by molar-refractivity contribution is 7.91. The minimum atomic E-state index is -2.85. The number of carbonyl (C=O) groups is 1. The van der Waals surface area contributed by atoms with Crippen LogP contribution < -0.4 is 5.32 Å². The Balaban J connectivity index is 1.98. The minimum Gasteiger partial charge on any atom is -0.355 e. The number of sulfone groups is 1. The zero-order chi connectivity index (χ0) is 14.8. The summed E-state index contributed by atoms with van der Waals surface area (Å²) in [6.07, 6.45) is 0.704. The Morgan fingerprint density at radius 1 is 1.35 bits per heavy atom. The van der Waals surface area contributed by atoms with Crippen molar-refractivity contribution in [3.05, 3.63) is 35.4 Å². The fourth-order valence-electron chi connectivity index (χ4n) is 2.45. The topological polar surface area (TPSA) is 66.5 Å². The van der Waals surface area contributed by atoms with Crippen LogP contribution in [0.15, 0.2) is 24.3 Å². The van der Waals surface area contributed by atoms with E-state index in [1.54, 1.807) is 19.2 Å². The molecular formula is C14H20N2O3S. The van der Waals surface area contributed by atoms with Gasteiger partial charge >= 0.3 is 0 Å². The molecule has 1 aromatic carbocycles. The second kappa shape index (κ2) is 5.93. The van der Waals surface area contributed by atoms with Crippen molar-refractivity contribution in [1.82, 2.24) is 10.2 Å². The van der Waals surface area contributed by atoms with Gasteiger partial charge in [0.15, 0.2) is 9.84 Å². The number of benzene rings is 1. The first kappa shape index (κ1) is 15.0. The van der Waals surface area contributed by atoms with Gasteiger partial charge in [-0.25, -0.2) is 8.42 Å². The fourth-order valence-corrected chi connectivity index (χ4v) is 4.25. The van der Waals surface area contributed by atoms with Gasteiger partial charge in [-0.2, -0.15) is 0 Å². The summed E-state index contributed by atoms with van der Waals surface area (Å²) in [6.45, 7) is 0.689. The molecule has 0 radical (unpaired) electrons. The lowest BCUT2D eigenvalue weighted by atomic mass is 10.1. The number of amides is 1. The Hall–Kier alpha value is -1.40. The summed E-state index contributed by atoms with van der Waals surface area (Å²) in [5, 5.41) is 2.58. The maximum Gasteiger partial charge on any atom is 0.251 e. The average molecular weight is 296 g/mol. The Bertz CT molecular complexity index is 581. The van der Waals surface area contributed by atoms with Crippen LogP contribution in [0.5, 0.6) is 0 Å². The van der Waals surface area contributed by atoms with Crippen molar-refractivity contribution in [2.24, 2.45) is 0 Å². The molecule has 2 rings (SSSR count). The molecule has 1 fully saturated rings. The van der Waals surface area contributed by atoms with Crippen LogP contribution in [0, 0.1) is 0 Å². The number of hydrogen-bond donors (Lipinski definition) is 1. The van der Waals surface area contributed by atoms with E-state index < -0.39 is 9.84 Å². The second-order valence-electron chi connectivity index (χ2n) is 5.25. The van der Waals surface area contributed by atoms with Gasteiger partial charge < -0.3 is 5.32 Å². The molecule has 1 aromatic rings. The third-order valence-corrected chi connectivity index (χ3v) is 5.46. The number of carbonyl (C=O) groups excluding carboxylic acids is 1. The van der Waals surface area contributed by atoms with E-state index in [2.05, 4.69) is 10.2 Å². The SMILES string of the molecule is CNC(=O)c1ccc(CN(C)C2CCS(=O)(=O)C2)cc1. The highest BCUT2D eigenvalue weighted by Gasteiger charge is 2.30. The standard InChI is InChI=1S/C14H20N2O3S/c1-15-14(17)12-5-3-11(4-6-12)9-16(2)13-7-8-20(18,19)10-13/h3-6,13H,7-10H2,1-2H3,(H,15,17). The predicted octanol–water partition coefficient (Wildman–Crippen LogP) is 0.665. The smallest absolute Gasteiger partial charge is 0.251 e. The van der Waals surface area contributed by atoms with Crippen LogP contribution in [-0.4, -0.2) is 50.9 Å². The van der Waals surface area contributed by atoms with Crippen molar-refractivity contribution in [2.45, 2.75) is 19.0 Å². The minimum absolute atomic E-state index is 0.0959. The van der Waals surface area contributed by atoms with Crippen molar-refractivity contribution in [1.29, 1.82) is 0 Å². The third-order valence-electron chi connectivity index (χ3n) is 3.71. The first-order valence-corrected chi connectivity index (χ1v) is 8.45. The molecule has 1 unspecified atom stereocenters. The van der Waals surface area contributed by atoms with Crippen LogP contribution >= 0.6 is 0 Å². The molecule has 1 aliphatic heterocycles. The first-order valence-electron chi connectivity index (χ1n) is 6.63. The van der Waals surface area contributed by atoms with Gasteiger partial charge in [-0.15, -0.1) is 0 Å². The van der Waals surface area contributed by atoms with Crippen molar-refractivity contribution in [3.8, 4) is 0 Å². The molecule has 0 saturated carbocycles. The van der Waals surface area contributed by atoms with Crippen LogP contribution in [0.4, 0.5) is 0 Å². The first-order chi connectivity index (χ1) is 9.41. The van der Waals surface area contributed by atoms with E-state index in [9.17, 15) is 13.2 Å². The van der Waals surface area contributed by atoms with Crippen LogP contribution in [0.25, 0.3) is 0 Å². The van der Waals surface area contributed by atoms with E-state index in [0.717, 1.165) is 5.56 Å². The van der Waals surface area contributed by atoms with Crippen LogP contribution in [0.2, 0.25) is 0 Å². The van der Waals surface area contributed by atoms with E-state index in [0.29, 0.717) is 18.5 Å². The van der Waals surface area contributed by atoms with Gasteiger partial charge in [0, 0.05) is 25.2 Å². The van der Waals surface area contributed by atoms with Gasteiger partial charge in [-0.05, 0) is 31.2 Å². The highest BCUT2D eigenvalue weighted by atomic mass is 32.2. The number of rotatable bonds is 4. The van der Waals surface area contributed by atoms with Crippen LogP contribution in [0.1, 0.15) is 22.3 Å². The Morgan fingerprint density at radius 2 is 2.00 bits per heavy atom. The molecule has 0 bridgehead atoms. The Labute approximate surface area is 119 Å². The third kappa shape index (κ3) is 3.58. The molecular weight excluding hydrogens is 276 g/mol. The van der Waals surface area contributed by atoms with Gasteiger partial charge in [-0.1, -0.05) is 12.1 Å². The van der Waals surface area contributed by atoms with E-state index in [1.165, 1.54) is 0 Å². The molecule has 1 saturated heterocycles. The van der Waals surface area contributed by atoms with Gasteiger partial charge in [-0.3, -0.25) is 9.69 Å². The van der Waals surface area contributed by atoms with E-state index in [1.807, 2.05) is 19.2 Å². The molecule has 1 atom stereocenters. The zero-order valence-electron chi connectivity index (χ0n) is 11.8. The fraction of sp³-hybridized carbons (Fsp3) is 0.500. The maximum atomic E-state index is 11.5. The molecule has 1 aliphatic rings. The lowest BCUT2D eigenvalue weighted by molar-refractivity contribution is 0.0963. The largest absolute Gasteiger partial charge is 0.355 e. The summed E-state index contributed by atoms with van der Waals surface area (Å²) >= 11 is 0. The van der Waals surface area contributed by atoms with E-state index >= 15 is 0 Å². The average Bonchev–Trinajstić information content (AvgIpc) is 2.79. The molecule has 1 heterocycles. The molecule has 0 aromatic heterocycles. The molecule has 5 nitrogen and oxygen atoms in total. The lowest BCUT2D eigenvalue weighted by Crippen LogP contribution is -2.32. The highest BCUT2D eigenvalue weighted by Crippen LogP contribution is 2.18. The number of hydrogen-bond acceptors (Lipinski definition) is 4. The predicted molar refractivity (Wildman–Crippen MR) is 78.4 cm³/mol. The molecule has 1 N–H and O–H groups in total. The monoisotopic (exact) mass is 296 g/mol. The van der Waals surface area contributed by atoms with Crippen molar-refractivity contribution in [2.75, 3.05) is 25.6 Å². The summed E-state index contributed by atoms with van der Waals surface area (Å²) < 4.78 is 23.0. The van der Waals surface area contributed by atoms with Crippen molar-refractivity contribution < 1.29 is 13.2 Å².